The van der Waals surface area contributed by atoms with Gasteiger partial charge >= 0.3 is 0 Å². The third-order valence-corrected chi connectivity index (χ3v) is 4.80. The van der Waals surface area contributed by atoms with E-state index in [4.69, 9.17) is 0 Å². The van der Waals surface area contributed by atoms with Crippen LogP contribution in [-0.2, 0) is 16.0 Å². The first-order valence-corrected chi connectivity index (χ1v) is 8.70. The first kappa shape index (κ1) is 16.1. The van der Waals surface area contributed by atoms with E-state index in [9.17, 15) is 14.0 Å². The van der Waals surface area contributed by atoms with E-state index in [-0.39, 0.29) is 23.9 Å². The Labute approximate surface area is 144 Å². The minimum atomic E-state index is -0.505. The molecule has 120 valence electrons. The van der Waals surface area contributed by atoms with Crippen molar-refractivity contribution < 1.29 is 14.0 Å². The van der Waals surface area contributed by atoms with Gasteiger partial charge in [-0.05, 0) is 24.6 Å². The Kier molecular flexibility index (Phi) is 4.72. The molecule has 1 aromatic carbocycles. The molecule has 0 bridgehead atoms. The molecule has 0 saturated carbocycles. The number of thiazole rings is 1. The molecule has 1 saturated heterocycles. The van der Waals surface area contributed by atoms with Crippen LogP contribution >= 0.6 is 27.3 Å². The van der Waals surface area contributed by atoms with E-state index in [2.05, 4.69) is 26.2 Å². The van der Waals surface area contributed by atoms with E-state index in [1.165, 1.54) is 23.5 Å². The van der Waals surface area contributed by atoms with Crippen molar-refractivity contribution in [1.29, 1.82) is 0 Å². The highest BCUT2D eigenvalue weighted by Gasteiger charge is 2.24. The lowest BCUT2D eigenvalue weighted by molar-refractivity contribution is -0.117. The summed E-state index contributed by atoms with van der Waals surface area (Å²) in [6.45, 7) is 0.669. The van der Waals surface area contributed by atoms with Crippen molar-refractivity contribution in [3.05, 3.63) is 39.6 Å². The Hall–Kier alpha value is -1.80. The number of anilines is 2. The molecule has 2 aromatic rings. The maximum absolute atomic E-state index is 13.7. The SMILES string of the molecule is O=C(Cc1csc(N2CCCC2=O)n1)Nc1ccc(Br)cc1F. The number of halogens is 2. The van der Waals surface area contributed by atoms with Gasteiger partial charge in [0.05, 0.1) is 17.8 Å². The van der Waals surface area contributed by atoms with Gasteiger partial charge in [0.2, 0.25) is 11.8 Å². The molecule has 1 aromatic heterocycles. The molecular weight excluding hydrogens is 385 g/mol. The molecular formula is C15H13BrFN3O2S. The van der Waals surface area contributed by atoms with Crippen LogP contribution < -0.4 is 10.2 Å². The zero-order valence-electron chi connectivity index (χ0n) is 12.0. The van der Waals surface area contributed by atoms with Crippen LogP contribution in [0, 0.1) is 5.82 Å². The van der Waals surface area contributed by atoms with Crippen molar-refractivity contribution in [2.45, 2.75) is 19.3 Å². The Morgan fingerprint density at radius 2 is 2.30 bits per heavy atom. The van der Waals surface area contributed by atoms with E-state index in [1.54, 1.807) is 16.3 Å². The fourth-order valence-corrected chi connectivity index (χ4v) is 3.50. The second kappa shape index (κ2) is 6.76. The molecule has 2 amide bonds. The predicted octanol–water partition coefficient (Wildman–Crippen LogP) is 3.35. The molecule has 0 spiro atoms. The molecule has 0 aliphatic carbocycles. The van der Waals surface area contributed by atoms with E-state index in [0.717, 1.165) is 6.42 Å². The number of carbonyl (C=O) groups excluding carboxylic acids is 2. The van der Waals surface area contributed by atoms with Gasteiger partial charge in [0, 0.05) is 22.8 Å². The average molecular weight is 398 g/mol. The third kappa shape index (κ3) is 3.76. The minimum Gasteiger partial charge on any atom is -0.323 e. The van der Waals surface area contributed by atoms with Crippen LogP contribution in [-0.4, -0.2) is 23.3 Å². The van der Waals surface area contributed by atoms with Crippen molar-refractivity contribution in [3.63, 3.8) is 0 Å². The van der Waals surface area contributed by atoms with Gasteiger partial charge in [-0.2, -0.15) is 0 Å². The second-order valence-corrected chi connectivity index (χ2v) is 6.87. The molecule has 0 unspecified atom stereocenters. The van der Waals surface area contributed by atoms with E-state index >= 15 is 0 Å². The minimum absolute atomic E-state index is 0.0357. The molecule has 23 heavy (non-hydrogen) atoms. The molecule has 1 aliphatic rings. The van der Waals surface area contributed by atoms with Crippen LogP contribution in [0.2, 0.25) is 0 Å². The molecule has 8 heteroatoms. The summed E-state index contributed by atoms with van der Waals surface area (Å²) in [6, 6.07) is 4.43. The third-order valence-electron chi connectivity index (χ3n) is 3.39. The molecule has 5 nitrogen and oxygen atoms in total. The number of nitrogens with one attached hydrogen (secondary N) is 1. The number of rotatable bonds is 4. The lowest BCUT2D eigenvalue weighted by Crippen LogP contribution is -2.23. The first-order valence-electron chi connectivity index (χ1n) is 7.02. The van der Waals surface area contributed by atoms with Crippen molar-refractivity contribution in [3.8, 4) is 0 Å². The van der Waals surface area contributed by atoms with Crippen LogP contribution in [0.5, 0.6) is 0 Å². The van der Waals surface area contributed by atoms with Crippen LogP contribution in [0.15, 0.2) is 28.1 Å². The lowest BCUT2D eigenvalue weighted by Gasteiger charge is -2.10. The van der Waals surface area contributed by atoms with Gasteiger partial charge < -0.3 is 5.32 Å². The van der Waals surface area contributed by atoms with Crippen molar-refractivity contribution in [1.82, 2.24) is 4.98 Å². The van der Waals surface area contributed by atoms with Crippen LogP contribution in [0.25, 0.3) is 0 Å². The number of hydrogen-bond acceptors (Lipinski definition) is 4. The maximum Gasteiger partial charge on any atom is 0.230 e. The lowest BCUT2D eigenvalue weighted by atomic mass is 10.2. The number of benzene rings is 1. The second-order valence-electron chi connectivity index (χ2n) is 5.12. The first-order chi connectivity index (χ1) is 11.0. The average Bonchev–Trinajstić information content (AvgIpc) is 3.10. The molecule has 3 rings (SSSR count). The van der Waals surface area contributed by atoms with Gasteiger partial charge in [-0.1, -0.05) is 15.9 Å². The Bertz CT molecular complexity index is 765. The van der Waals surface area contributed by atoms with Gasteiger partial charge in [0.15, 0.2) is 5.13 Å². The summed E-state index contributed by atoms with van der Waals surface area (Å²) in [7, 11) is 0. The quantitative estimate of drug-likeness (QED) is 0.860. The number of carbonyl (C=O) groups is 2. The van der Waals surface area contributed by atoms with E-state index in [1.807, 2.05) is 0 Å². The highest BCUT2D eigenvalue weighted by molar-refractivity contribution is 9.10. The molecule has 1 N–H and O–H groups in total. The van der Waals surface area contributed by atoms with Gasteiger partial charge in [0.25, 0.3) is 0 Å². The Morgan fingerprint density at radius 1 is 1.48 bits per heavy atom. The fourth-order valence-electron chi connectivity index (χ4n) is 2.30. The number of hydrogen-bond donors (Lipinski definition) is 1. The monoisotopic (exact) mass is 397 g/mol. The van der Waals surface area contributed by atoms with E-state index < -0.39 is 5.82 Å². The summed E-state index contributed by atoms with van der Waals surface area (Å²) in [5.74, 6) is -0.794. The number of amides is 2. The van der Waals surface area contributed by atoms with Crippen molar-refractivity contribution in [2.24, 2.45) is 0 Å². The predicted molar refractivity (Wildman–Crippen MR) is 90.1 cm³/mol. The summed E-state index contributed by atoms with van der Waals surface area (Å²) >= 11 is 4.50. The van der Waals surface area contributed by atoms with E-state index in [0.29, 0.717) is 28.3 Å². The molecule has 0 radical (unpaired) electrons. The maximum atomic E-state index is 13.7. The van der Waals surface area contributed by atoms with Crippen LogP contribution in [0.3, 0.4) is 0 Å². The van der Waals surface area contributed by atoms with Crippen LogP contribution in [0.4, 0.5) is 15.2 Å². The van der Waals surface area contributed by atoms with Crippen LogP contribution in [0.1, 0.15) is 18.5 Å². The molecule has 2 heterocycles. The molecule has 0 atom stereocenters. The summed E-state index contributed by atoms with van der Waals surface area (Å²) in [6.07, 6.45) is 1.41. The summed E-state index contributed by atoms with van der Waals surface area (Å²) < 4.78 is 14.3. The van der Waals surface area contributed by atoms with Crippen molar-refractivity contribution >= 4 is 49.9 Å². The summed E-state index contributed by atoms with van der Waals surface area (Å²) in [4.78, 5) is 29.7. The standard InChI is InChI=1S/C15H13BrFN3O2S/c16-9-3-4-12(11(17)6-9)19-13(21)7-10-8-23-15(18-10)20-5-1-2-14(20)22/h3-4,6,8H,1-2,5,7H2,(H,19,21). The summed E-state index contributed by atoms with van der Waals surface area (Å²) in [5, 5.41) is 4.89. The molecule has 1 aliphatic heterocycles. The van der Waals surface area contributed by atoms with Gasteiger partial charge in [-0.3, -0.25) is 14.5 Å². The highest BCUT2D eigenvalue weighted by atomic mass is 79.9. The Balaban J connectivity index is 1.64. The largest absolute Gasteiger partial charge is 0.323 e. The smallest absolute Gasteiger partial charge is 0.230 e. The molecule has 1 fully saturated rings. The number of aromatic nitrogens is 1. The number of nitrogens with zero attached hydrogens (tertiary/aromatic N) is 2. The zero-order valence-corrected chi connectivity index (χ0v) is 14.4. The fraction of sp³-hybridized carbons (Fsp3) is 0.267. The normalized spacial score (nSPS) is 14.3. The van der Waals surface area contributed by atoms with Gasteiger partial charge in [-0.15, -0.1) is 11.3 Å². The summed E-state index contributed by atoms with van der Waals surface area (Å²) in [5.41, 5.74) is 0.697. The zero-order chi connectivity index (χ0) is 16.4. The van der Waals surface area contributed by atoms with Gasteiger partial charge in [-0.25, -0.2) is 9.37 Å². The Morgan fingerprint density at radius 3 is 3.00 bits per heavy atom. The highest BCUT2D eigenvalue weighted by Crippen LogP contribution is 2.25. The van der Waals surface area contributed by atoms with Crippen molar-refractivity contribution in [2.75, 3.05) is 16.8 Å². The van der Waals surface area contributed by atoms with Gasteiger partial charge in [0.1, 0.15) is 5.82 Å². The topological polar surface area (TPSA) is 62.3 Å².